The Morgan fingerprint density at radius 2 is 2.00 bits per heavy atom. The van der Waals surface area contributed by atoms with E-state index in [4.69, 9.17) is 14.1 Å². The van der Waals surface area contributed by atoms with Crippen molar-refractivity contribution in [1.82, 2.24) is 10.2 Å². The highest BCUT2D eigenvalue weighted by Gasteiger charge is 2.41. The smallest absolute Gasteiger partial charge is 0.338 e. The Hall–Kier alpha value is -3.26. The third kappa shape index (κ3) is 4.82. The van der Waals surface area contributed by atoms with Gasteiger partial charge in [0.25, 0.3) is 0 Å². The number of esters is 1. The van der Waals surface area contributed by atoms with E-state index < -0.39 is 12.0 Å². The van der Waals surface area contributed by atoms with Crippen molar-refractivity contribution in [1.29, 1.82) is 0 Å². The van der Waals surface area contributed by atoms with Gasteiger partial charge in [0.2, 0.25) is 5.91 Å². The standard InChI is InChI=1S/C26H29N3O4S/c1-5-21-23(25(31)32-4)24(18-10-8-17(9-11-18)16(2)3)29-19(15-34-26(29)28-21)13-22(30)27-14-20-7-6-12-33-20/h6-12,15-16,24H,5,13-14H2,1-4H3,(H,27,30)/t24-/m1/s1. The van der Waals surface area contributed by atoms with Crippen molar-refractivity contribution < 1.29 is 18.7 Å². The molecule has 1 atom stereocenters. The van der Waals surface area contributed by atoms with Crippen LogP contribution in [-0.2, 0) is 20.9 Å². The Morgan fingerprint density at radius 1 is 1.24 bits per heavy atom. The van der Waals surface area contributed by atoms with Gasteiger partial charge in [-0.15, -0.1) is 0 Å². The molecule has 0 saturated heterocycles. The van der Waals surface area contributed by atoms with Crippen LogP contribution in [-0.4, -0.2) is 29.1 Å². The molecule has 1 aromatic heterocycles. The molecule has 0 aliphatic carbocycles. The molecule has 0 unspecified atom stereocenters. The molecule has 3 heterocycles. The van der Waals surface area contributed by atoms with Crippen molar-refractivity contribution in [2.24, 2.45) is 4.99 Å². The summed E-state index contributed by atoms with van der Waals surface area (Å²) in [6.07, 6.45) is 2.33. The topological polar surface area (TPSA) is 84.1 Å². The summed E-state index contributed by atoms with van der Waals surface area (Å²) in [5, 5.41) is 5.59. The van der Waals surface area contributed by atoms with Gasteiger partial charge in [-0.1, -0.05) is 56.8 Å². The fraction of sp³-hybridized carbons (Fsp3) is 0.346. The molecule has 34 heavy (non-hydrogen) atoms. The van der Waals surface area contributed by atoms with Gasteiger partial charge in [-0.3, -0.25) is 4.79 Å². The Morgan fingerprint density at radius 3 is 2.62 bits per heavy atom. The Balaban J connectivity index is 1.66. The minimum atomic E-state index is -0.421. The van der Waals surface area contributed by atoms with E-state index in [0.29, 0.717) is 35.9 Å². The molecule has 0 fully saturated rings. The Kier molecular flexibility index (Phi) is 7.26. The van der Waals surface area contributed by atoms with Crippen molar-refractivity contribution in [3.63, 3.8) is 0 Å². The van der Waals surface area contributed by atoms with Crippen molar-refractivity contribution in [3.05, 3.63) is 81.9 Å². The van der Waals surface area contributed by atoms with E-state index in [1.54, 1.807) is 12.3 Å². The molecule has 7 nitrogen and oxygen atoms in total. The second-order valence-electron chi connectivity index (χ2n) is 8.45. The number of furan rings is 1. The van der Waals surface area contributed by atoms with Crippen LogP contribution in [0, 0.1) is 0 Å². The molecular weight excluding hydrogens is 450 g/mol. The van der Waals surface area contributed by atoms with E-state index in [-0.39, 0.29) is 12.3 Å². The molecule has 0 bridgehead atoms. The van der Waals surface area contributed by atoms with Gasteiger partial charge < -0.3 is 19.4 Å². The van der Waals surface area contributed by atoms with Crippen LogP contribution in [0.25, 0.3) is 0 Å². The van der Waals surface area contributed by atoms with E-state index in [1.807, 2.05) is 23.3 Å². The van der Waals surface area contributed by atoms with Gasteiger partial charge in [0.05, 0.1) is 43.7 Å². The number of amides is 1. The van der Waals surface area contributed by atoms with Crippen LogP contribution in [0.3, 0.4) is 0 Å². The third-order valence-electron chi connectivity index (χ3n) is 5.93. The first-order valence-electron chi connectivity index (χ1n) is 11.4. The number of benzene rings is 1. The number of amidine groups is 1. The maximum absolute atomic E-state index is 13.0. The minimum absolute atomic E-state index is 0.136. The van der Waals surface area contributed by atoms with Crippen LogP contribution < -0.4 is 5.32 Å². The number of carbonyl (C=O) groups excluding carboxylic acids is 2. The number of methoxy groups -OCH3 is 1. The van der Waals surface area contributed by atoms with Crippen LogP contribution in [0.1, 0.15) is 62.5 Å². The number of carbonyl (C=O) groups is 2. The molecule has 0 saturated carbocycles. The van der Waals surface area contributed by atoms with Gasteiger partial charge in [-0.25, -0.2) is 9.79 Å². The Labute approximate surface area is 203 Å². The van der Waals surface area contributed by atoms with E-state index in [0.717, 1.165) is 16.4 Å². The lowest BCUT2D eigenvalue weighted by Crippen LogP contribution is -2.38. The zero-order chi connectivity index (χ0) is 24.2. The minimum Gasteiger partial charge on any atom is -0.467 e. The number of allylic oxidation sites excluding steroid dienone is 1. The SMILES string of the molecule is CCC1=C(C(=O)OC)[C@@H](c2ccc(C(C)C)cc2)N2C(CC(=O)NCc3ccco3)=CSC2=N1. The highest BCUT2D eigenvalue weighted by Crippen LogP contribution is 2.45. The molecule has 2 aromatic rings. The first-order chi connectivity index (χ1) is 16.4. The molecular formula is C26H29N3O4S. The Bertz CT molecular complexity index is 1150. The lowest BCUT2D eigenvalue weighted by Gasteiger charge is -2.36. The van der Waals surface area contributed by atoms with Gasteiger partial charge in [-0.2, -0.15) is 0 Å². The van der Waals surface area contributed by atoms with Crippen LogP contribution >= 0.6 is 11.8 Å². The fourth-order valence-electron chi connectivity index (χ4n) is 4.12. The second-order valence-corrected chi connectivity index (χ2v) is 9.29. The molecule has 8 heteroatoms. The summed E-state index contributed by atoms with van der Waals surface area (Å²) in [5.74, 6) is 0.546. The maximum atomic E-state index is 13.0. The van der Waals surface area contributed by atoms with E-state index >= 15 is 0 Å². The summed E-state index contributed by atoms with van der Waals surface area (Å²) in [4.78, 5) is 32.5. The van der Waals surface area contributed by atoms with Crippen LogP contribution in [0.2, 0.25) is 0 Å². The van der Waals surface area contributed by atoms with Gasteiger partial charge in [0.1, 0.15) is 5.76 Å². The predicted molar refractivity (Wildman–Crippen MR) is 133 cm³/mol. The molecule has 2 aliphatic rings. The zero-order valence-electron chi connectivity index (χ0n) is 19.8. The van der Waals surface area contributed by atoms with Gasteiger partial charge in [0.15, 0.2) is 5.17 Å². The van der Waals surface area contributed by atoms with E-state index in [1.165, 1.54) is 24.4 Å². The lowest BCUT2D eigenvalue weighted by atomic mass is 9.91. The number of fused-ring (bicyclic) bond motifs is 1. The maximum Gasteiger partial charge on any atom is 0.338 e. The van der Waals surface area contributed by atoms with Gasteiger partial charge in [-0.05, 0) is 41.0 Å². The first-order valence-corrected chi connectivity index (χ1v) is 12.2. The average Bonchev–Trinajstić information content (AvgIpc) is 3.51. The van der Waals surface area contributed by atoms with Crippen LogP contribution in [0.4, 0.5) is 0 Å². The number of rotatable bonds is 8. The number of hydrogen-bond donors (Lipinski definition) is 1. The summed E-state index contributed by atoms with van der Waals surface area (Å²) < 4.78 is 10.5. The van der Waals surface area contributed by atoms with Crippen molar-refractivity contribution >= 4 is 28.8 Å². The highest BCUT2D eigenvalue weighted by atomic mass is 32.2. The number of hydrogen-bond acceptors (Lipinski definition) is 7. The molecule has 0 radical (unpaired) electrons. The number of nitrogens with zero attached hydrogens (tertiary/aromatic N) is 2. The summed E-state index contributed by atoms with van der Waals surface area (Å²) in [6, 6.07) is 11.5. The zero-order valence-corrected chi connectivity index (χ0v) is 20.6. The molecule has 2 aliphatic heterocycles. The summed E-state index contributed by atoms with van der Waals surface area (Å²) in [5.41, 5.74) is 4.18. The fourth-order valence-corrected chi connectivity index (χ4v) is 5.05. The molecule has 4 rings (SSSR count). The monoisotopic (exact) mass is 479 g/mol. The summed E-state index contributed by atoms with van der Waals surface area (Å²) in [6.45, 7) is 6.59. The molecule has 1 N–H and O–H groups in total. The van der Waals surface area contributed by atoms with E-state index in [9.17, 15) is 9.59 Å². The highest BCUT2D eigenvalue weighted by molar-refractivity contribution is 8.16. The van der Waals surface area contributed by atoms with E-state index in [2.05, 4.69) is 43.4 Å². The van der Waals surface area contributed by atoms with Gasteiger partial charge in [0, 0.05) is 5.70 Å². The molecule has 1 amide bonds. The van der Waals surface area contributed by atoms with Crippen molar-refractivity contribution in [2.75, 3.05) is 7.11 Å². The predicted octanol–water partition coefficient (Wildman–Crippen LogP) is 5.25. The number of ether oxygens (including phenoxy) is 1. The number of aliphatic imine (C=N–C) groups is 1. The number of nitrogens with one attached hydrogen (secondary N) is 1. The summed E-state index contributed by atoms with van der Waals surface area (Å²) in [7, 11) is 1.39. The quantitative estimate of drug-likeness (QED) is 0.521. The largest absolute Gasteiger partial charge is 0.467 e. The lowest BCUT2D eigenvalue weighted by molar-refractivity contribution is -0.136. The first kappa shape index (κ1) is 23.9. The summed E-state index contributed by atoms with van der Waals surface area (Å²) >= 11 is 1.47. The van der Waals surface area contributed by atoms with Crippen molar-refractivity contribution in [3.8, 4) is 0 Å². The average molecular weight is 480 g/mol. The van der Waals surface area contributed by atoms with Gasteiger partial charge >= 0.3 is 5.97 Å². The molecule has 1 aromatic carbocycles. The second kappa shape index (κ2) is 10.3. The third-order valence-corrected chi connectivity index (χ3v) is 6.82. The number of thioether (sulfide) groups is 1. The van der Waals surface area contributed by atoms with Crippen LogP contribution in [0.5, 0.6) is 0 Å². The molecule has 178 valence electrons. The van der Waals surface area contributed by atoms with Crippen LogP contribution in [0.15, 0.2) is 74.4 Å². The normalized spacial score (nSPS) is 17.4. The molecule has 0 spiro atoms. The van der Waals surface area contributed by atoms with Crippen molar-refractivity contribution in [2.45, 2.75) is 52.1 Å².